The maximum Gasteiger partial charge on any atom is 0.0406 e. The average Bonchev–Trinajstić information content (AvgIpc) is 2.53. The Morgan fingerprint density at radius 2 is 1.90 bits per heavy atom. The summed E-state index contributed by atoms with van der Waals surface area (Å²) in [5.74, 6) is 2.60. The second kappa shape index (κ2) is 9.34. The second-order valence-electron chi connectivity index (χ2n) is 5.54. The summed E-state index contributed by atoms with van der Waals surface area (Å²) in [7, 11) is 0. The molecule has 0 aromatic heterocycles. The van der Waals surface area contributed by atoms with Crippen molar-refractivity contribution >= 4 is 35.1 Å². The van der Waals surface area contributed by atoms with E-state index in [1.54, 1.807) is 0 Å². The number of rotatable bonds is 7. The summed E-state index contributed by atoms with van der Waals surface area (Å²) >= 11 is 10.3. The molecule has 0 saturated carbocycles. The van der Waals surface area contributed by atoms with Crippen LogP contribution in [-0.2, 0) is 6.42 Å². The van der Waals surface area contributed by atoms with Crippen molar-refractivity contribution < 1.29 is 0 Å². The highest BCUT2D eigenvalue weighted by molar-refractivity contribution is 8.07. The van der Waals surface area contributed by atoms with E-state index < -0.39 is 0 Å². The van der Waals surface area contributed by atoms with E-state index in [0.29, 0.717) is 6.04 Å². The molecule has 118 valence electrons. The van der Waals surface area contributed by atoms with Crippen molar-refractivity contribution in [2.75, 3.05) is 18.1 Å². The van der Waals surface area contributed by atoms with E-state index in [9.17, 15) is 0 Å². The molecule has 0 radical (unpaired) electrons. The zero-order chi connectivity index (χ0) is 15.1. The van der Waals surface area contributed by atoms with E-state index in [1.807, 2.05) is 12.1 Å². The van der Waals surface area contributed by atoms with Crippen LogP contribution in [0.4, 0.5) is 0 Å². The first kappa shape index (κ1) is 17.5. The fraction of sp³-hybridized carbons (Fsp3) is 0.647. The van der Waals surface area contributed by atoms with E-state index in [0.717, 1.165) is 28.5 Å². The summed E-state index contributed by atoms with van der Waals surface area (Å²) in [5, 5.41) is 6.13. The predicted molar refractivity (Wildman–Crippen MR) is 100 cm³/mol. The molecule has 1 aliphatic heterocycles. The highest BCUT2D eigenvalue weighted by atomic mass is 35.5. The molecule has 2 rings (SSSR count). The van der Waals surface area contributed by atoms with E-state index >= 15 is 0 Å². The summed E-state index contributed by atoms with van der Waals surface area (Å²) in [6.45, 7) is 5.68. The minimum atomic E-state index is 0.564. The van der Waals surface area contributed by atoms with Gasteiger partial charge in [0.25, 0.3) is 0 Å². The van der Waals surface area contributed by atoms with Gasteiger partial charge < -0.3 is 5.32 Å². The van der Waals surface area contributed by atoms with Gasteiger partial charge in [0.15, 0.2) is 0 Å². The highest BCUT2D eigenvalue weighted by Gasteiger charge is 2.31. The molecule has 4 heteroatoms. The number of thioether (sulfide) groups is 2. The Kier molecular flexibility index (Phi) is 7.79. The first-order valence-corrected chi connectivity index (χ1v) is 10.4. The summed E-state index contributed by atoms with van der Waals surface area (Å²) in [6.07, 6.45) is 3.57. The molecule has 1 nitrogen and oxygen atoms in total. The summed E-state index contributed by atoms with van der Waals surface area (Å²) in [4.78, 5) is 0. The number of hydrogen-bond acceptors (Lipinski definition) is 3. The molecule has 0 bridgehead atoms. The molecule has 0 amide bonds. The Balaban J connectivity index is 2.06. The van der Waals surface area contributed by atoms with Crippen molar-refractivity contribution in [1.82, 2.24) is 5.32 Å². The molecule has 1 saturated heterocycles. The van der Waals surface area contributed by atoms with Crippen LogP contribution in [0, 0.1) is 0 Å². The van der Waals surface area contributed by atoms with E-state index in [1.165, 1.54) is 29.9 Å². The molecule has 3 atom stereocenters. The molecule has 1 fully saturated rings. The Morgan fingerprint density at radius 3 is 2.57 bits per heavy atom. The van der Waals surface area contributed by atoms with Crippen molar-refractivity contribution in [3.63, 3.8) is 0 Å². The van der Waals surface area contributed by atoms with E-state index in [-0.39, 0.29) is 0 Å². The van der Waals surface area contributed by atoms with Crippen LogP contribution in [-0.4, -0.2) is 34.6 Å². The van der Waals surface area contributed by atoms with Gasteiger partial charge >= 0.3 is 0 Å². The fourth-order valence-electron chi connectivity index (χ4n) is 2.82. The van der Waals surface area contributed by atoms with Crippen molar-refractivity contribution in [1.29, 1.82) is 0 Å². The number of nitrogens with one attached hydrogen (secondary N) is 1. The van der Waals surface area contributed by atoms with Gasteiger partial charge in [0, 0.05) is 33.1 Å². The minimum Gasteiger partial charge on any atom is -0.313 e. The normalized spacial score (nSPS) is 24.0. The van der Waals surface area contributed by atoms with Crippen LogP contribution in [0.25, 0.3) is 0 Å². The maximum atomic E-state index is 6.00. The third-order valence-corrected chi connectivity index (χ3v) is 7.58. The van der Waals surface area contributed by atoms with Crippen molar-refractivity contribution in [3.05, 3.63) is 34.9 Å². The van der Waals surface area contributed by atoms with Gasteiger partial charge in [-0.15, -0.1) is 0 Å². The van der Waals surface area contributed by atoms with E-state index in [4.69, 9.17) is 11.6 Å². The van der Waals surface area contributed by atoms with Crippen LogP contribution in [0.15, 0.2) is 24.3 Å². The molecular formula is C17H26ClNS2. The molecule has 1 aliphatic rings. The minimum absolute atomic E-state index is 0.564. The molecule has 1 heterocycles. The lowest BCUT2D eigenvalue weighted by Crippen LogP contribution is -2.46. The number of hydrogen-bond donors (Lipinski definition) is 1. The van der Waals surface area contributed by atoms with Crippen LogP contribution in [0.5, 0.6) is 0 Å². The first-order valence-electron chi connectivity index (χ1n) is 7.95. The smallest absolute Gasteiger partial charge is 0.0406 e. The molecule has 1 N–H and O–H groups in total. The largest absolute Gasteiger partial charge is 0.313 e. The van der Waals surface area contributed by atoms with Gasteiger partial charge in [-0.05, 0) is 43.5 Å². The highest BCUT2D eigenvalue weighted by Crippen LogP contribution is 2.36. The van der Waals surface area contributed by atoms with Crippen LogP contribution in [0.2, 0.25) is 5.02 Å². The van der Waals surface area contributed by atoms with Gasteiger partial charge in [0.2, 0.25) is 0 Å². The van der Waals surface area contributed by atoms with Gasteiger partial charge in [-0.1, -0.05) is 37.6 Å². The van der Waals surface area contributed by atoms with Gasteiger partial charge in [-0.3, -0.25) is 0 Å². The van der Waals surface area contributed by atoms with Crippen molar-refractivity contribution in [2.24, 2.45) is 0 Å². The van der Waals surface area contributed by atoms with Crippen molar-refractivity contribution in [2.45, 2.75) is 49.7 Å². The third kappa shape index (κ3) is 5.38. The SMILES string of the molecule is CCCNC(Cc1ccc(Cl)cc1)C1SCCSC1CC. The molecular weight excluding hydrogens is 318 g/mol. The number of halogens is 1. The number of benzene rings is 1. The Bertz CT molecular complexity index is 410. The lowest BCUT2D eigenvalue weighted by Gasteiger charge is -2.36. The molecule has 1 aromatic carbocycles. The Hall–Kier alpha value is 0.170. The van der Waals surface area contributed by atoms with E-state index in [2.05, 4.69) is 54.8 Å². The van der Waals surface area contributed by atoms with Crippen LogP contribution >= 0.6 is 35.1 Å². The Morgan fingerprint density at radius 1 is 1.19 bits per heavy atom. The second-order valence-corrected chi connectivity index (χ2v) is 8.61. The topological polar surface area (TPSA) is 12.0 Å². The van der Waals surface area contributed by atoms with Crippen LogP contribution in [0.1, 0.15) is 32.3 Å². The van der Waals surface area contributed by atoms with Crippen LogP contribution < -0.4 is 5.32 Å². The molecule has 21 heavy (non-hydrogen) atoms. The van der Waals surface area contributed by atoms with Gasteiger partial charge in [0.1, 0.15) is 0 Å². The maximum absolute atomic E-state index is 6.00. The third-order valence-electron chi connectivity index (χ3n) is 3.92. The molecule has 0 aliphatic carbocycles. The lowest BCUT2D eigenvalue weighted by atomic mass is 10.00. The van der Waals surface area contributed by atoms with Crippen molar-refractivity contribution in [3.8, 4) is 0 Å². The quantitative estimate of drug-likeness (QED) is 0.757. The summed E-state index contributed by atoms with van der Waals surface area (Å²) in [6, 6.07) is 8.92. The standard InChI is InChI=1S/C17H26ClNS2/c1-3-9-19-15(12-13-5-7-14(18)8-6-13)17-16(4-2)20-10-11-21-17/h5-8,15-17,19H,3-4,9-12H2,1-2H3. The molecule has 0 spiro atoms. The molecule has 1 aromatic rings. The predicted octanol–water partition coefficient (Wildman–Crippen LogP) is 4.88. The molecule has 3 unspecified atom stereocenters. The lowest BCUT2D eigenvalue weighted by molar-refractivity contribution is 0.477. The fourth-order valence-corrected chi connectivity index (χ4v) is 6.21. The summed E-state index contributed by atoms with van der Waals surface area (Å²) < 4.78 is 0. The van der Waals surface area contributed by atoms with Crippen LogP contribution in [0.3, 0.4) is 0 Å². The van der Waals surface area contributed by atoms with Gasteiger partial charge in [-0.25, -0.2) is 0 Å². The average molecular weight is 344 g/mol. The van der Waals surface area contributed by atoms with Gasteiger partial charge in [-0.2, -0.15) is 23.5 Å². The zero-order valence-corrected chi connectivity index (χ0v) is 15.4. The summed E-state index contributed by atoms with van der Waals surface area (Å²) in [5.41, 5.74) is 1.39. The first-order chi connectivity index (χ1) is 10.2. The van der Waals surface area contributed by atoms with Gasteiger partial charge in [0.05, 0.1) is 0 Å². The zero-order valence-electron chi connectivity index (χ0n) is 13.0. The Labute approximate surface area is 143 Å². The monoisotopic (exact) mass is 343 g/mol.